The first-order chi connectivity index (χ1) is 13.7. The molecule has 0 saturated heterocycles. The summed E-state index contributed by atoms with van der Waals surface area (Å²) in [5.41, 5.74) is 0.448. The molecule has 2 aromatic rings. The molecule has 1 heterocycles. The Balaban J connectivity index is 1.98. The van der Waals surface area contributed by atoms with Crippen molar-refractivity contribution in [3.8, 4) is 0 Å². The molecule has 0 spiro atoms. The van der Waals surface area contributed by atoms with Gasteiger partial charge >= 0.3 is 11.9 Å². The van der Waals surface area contributed by atoms with Gasteiger partial charge in [-0.05, 0) is 50.6 Å². The summed E-state index contributed by atoms with van der Waals surface area (Å²) in [5, 5.41) is 9.25. The quantitative estimate of drug-likeness (QED) is 0.422. The first kappa shape index (κ1) is 23.0. The Bertz CT molecular complexity index is 786. The maximum Gasteiger partial charge on any atom is 0.317 e. The standard InChI is InChI=1S/C22H29NO5S/c1-5-21(26)28-22(3,4)16(2)29-19-10-8-17(9-11-19)13-23(15-20(24)25)14-18-7-6-12-27-18/h6-12,16H,5,13-15H2,1-4H3,(H,24,25). The number of furan rings is 1. The van der Waals surface area contributed by atoms with Crippen LogP contribution in [0.5, 0.6) is 0 Å². The fraction of sp³-hybridized carbons (Fsp3) is 0.455. The molecule has 0 amide bonds. The molecule has 0 fully saturated rings. The van der Waals surface area contributed by atoms with Gasteiger partial charge in [-0.15, -0.1) is 11.8 Å². The third kappa shape index (κ3) is 7.59. The fourth-order valence-corrected chi connectivity index (χ4v) is 3.74. The molecule has 0 saturated carbocycles. The Hall–Kier alpha value is -2.25. The molecule has 1 unspecified atom stereocenters. The van der Waals surface area contributed by atoms with E-state index in [-0.39, 0.29) is 17.8 Å². The van der Waals surface area contributed by atoms with Crippen LogP contribution < -0.4 is 0 Å². The van der Waals surface area contributed by atoms with E-state index in [2.05, 4.69) is 0 Å². The van der Waals surface area contributed by atoms with Gasteiger partial charge < -0.3 is 14.3 Å². The number of carboxylic acid groups (broad SMARTS) is 1. The zero-order valence-electron chi connectivity index (χ0n) is 17.4. The van der Waals surface area contributed by atoms with Gasteiger partial charge in [-0.3, -0.25) is 14.5 Å². The molecule has 158 valence electrons. The summed E-state index contributed by atoms with van der Waals surface area (Å²) in [6.07, 6.45) is 1.95. The minimum absolute atomic E-state index is 0.0643. The summed E-state index contributed by atoms with van der Waals surface area (Å²) >= 11 is 1.65. The maximum absolute atomic E-state index is 11.6. The minimum atomic E-state index is -0.874. The molecular formula is C22H29NO5S. The lowest BCUT2D eigenvalue weighted by molar-refractivity contribution is -0.155. The van der Waals surface area contributed by atoms with E-state index in [0.29, 0.717) is 19.5 Å². The molecule has 0 aliphatic rings. The van der Waals surface area contributed by atoms with Crippen LogP contribution >= 0.6 is 11.8 Å². The third-order valence-electron chi connectivity index (χ3n) is 4.61. The summed E-state index contributed by atoms with van der Waals surface area (Å²) in [4.78, 5) is 25.7. The first-order valence-electron chi connectivity index (χ1n) is 9.63. The van der Waals surface area contributed by atoms with Crippen LogP contribution in [0, 0.1) is 0 Å². The van der Waals surface area contributed by atoms with Crippen molar-refractivity contribution in [3.63, 3.8) is 0 Å². The Morgan fingerprint density at radius 3 is 2.45 bits per heavy atom. The van der Waals surface area contributed by atoms with Crippen LogP contribution in [-0.4, -0.2) is 39.3 Å². The van der Waals surface area contributed by atoms with Crippen molar-refractivity contribution in [2.75, 3.05) is 6.54 Å². The molecule has 1 N–H and O–H groups in total. The van der Waals surface area contributed by atoms with Gasteiger partial charge in [0.25, 0.3) is 0 Å². The number of hydrogen-bond acceptors (Lipinski definition) is 6. The Kier molecular flexibility index (Phi) is 8.34. The van der Waals surface area contributed by atoms with Crippen LogP contribution in [0.3, 0.4) is 0 Å². The van der Waals surface area contributed by atoms with E-state index in [1.54, 1.807) is 31.0 Å². The van der Waals surface area contributed by atoms with Crippen molar-refractivity contribution in [2.24, 2.45) is 0 Å². The van der Waals surface area contributed by atoms with E-state index < -0.39 is 11.6 Å². The Morgan fingerprint density at radius 1 is 1.21 bits per heavy atom. The van der Waals surface area contributed by atoms with Crippen molar-refractivity contribution in [1.82, 2.24) is 4.90 Å². The van der Waals surface area contributed by atoms with Crippen molar-refractivity contribution in [1.29, 1.82) is 0 Å². The molecule has 7 heteroatoms. The number of thioether (sulfide) groups is 1. The molecule has 1 aromatic carbocycles. The topological polar surface area (TPSA) is 80.0 Å². The van der Waals surface area contributed by atoms with E-state index in [0.717, 1.165) is 16.2 Å². The van der Waals surface area contributed by atoms with Crippen molar-refractivity contribution in [3.05, 3.63) is 54.0 Å². The zero-order valence-corrected chi connectivity index (χ0v) is 18.2. The van der Waals surface area contributed by atoms with Gasteiger partial charge in [0.2, 0.25) is 0 Å². The van der Waals surface area contributed by atoms with E-state index in [4.69, 9.17) is 9.15 Å². The lowest BCUT2D eigenvalue weighted by atomic mass is 10.1. The SMILES string of the molecule is CCC(=O)OC(C)(C)C(C)Sc1ccc(CN(CC(=O)O)Cc2ccco2)cc1. The molecule has 29 heavy (non-hydrogen) atoms. The highest BCUT2D eigenvalue weighted by molar-refractivity contribution is 8.00. The maximum atomic E-state index is 11.6. The molecule has 0 aliphatic carbocycles. The summed E-state index contributed by atoms with van der Waals surface area (Å²) < 4.78 is 10.9. The van der Waals surface area contributed by atoms with Crippen LogP contribution in [0.15, 0.2) is 52.0 Å². The number of carbonyl (C=O) groups is 2. The summed E-state index contributed by atoms with van der Waals surface area (Å²) in [6, 6.07) is 11.7. The van der Waals surface area contributed by atoms with Gasteiger partial charge in [0, 0.05) is 23.1 Å². The second kappa shape index (κ2) is 10.5. The number of carboxylic acids is 1. The zero-order chi connectivity index (χ0) is 21.4. The summed E-state index contributed by atoms with van der Waals surface area (Å²) in [5.74, 6) is -0.342. The summed E-state index contributed by atoms with van der Waals surface area (Å²) in [6.45, 7) is 8.55. The average Bonchev–Trinajstić information content (AvgIpc) is 3.15. The van der Waals surface area contributed by atoms with Crippen LogP contribution in [0.1, 0.15) is 45.4 Å². The average molecular weight is 420 g/mol. The van der Waals surface area contributed by atoms with E-state index >= 15 is 0 Å². The molecule has 0 radical (unpaired) electrons. The number of carbonyl (C=O) groups excluding carboxylic acids is 1. The molecule has 0 bridgehead atoms. The fourth-order valence-electron chi connectivity index (χ4n) is 2.71. The molecular weight excluding hydrogens is 390 g/mol. The van der Waals surface area contributed by atoms with Gasteiger partial charge in [0.1, 0.15) is 11.4 Å². The highest BCUT2D eigenvalue weighted by atomic mass is 32.2. The van der Waals surface area contributed by atoms with Crippen molar-refractivity contribution < 1.29 is 23.8 Å². The highest BCUT2D eigenvalue weighted by Crippen LogP contribution is 2.32. The lowest BCUT2D eigenvalue weighted by Gasteiger charge is -2.31. The smallest absolute Gasteiger partial charge is 0.317 e. The van der Waals surface area contributed by atoms with Gasteiger partial charge in [0.05, 0.1) is 19.4 Å². The number of hydrogen-bond donors (Lipinski definition) is 1. The molecule has 1 aromatic heterocycles. The van der Waals surface area contributed by atoms with E-state index in [1.165, 1.54) is 0 Å². The molecule has 2 rings (SSSR count). The number of benzene rings is 1. The van der Waals surface area contributed by atoms with Crippen molar-refractivity contribution in [2.45, 2.75) is 63.0 Å². The predicted molar refractivity (Wildman–Crippen MR) is 113 cm³/mol. The third-order valence-corrected chi connectivity index (χ3v) is 6.07. The molecule has 1 atom stereocenters. The van der Waals surface area contributed by atoms with Gasteiger partial charge in [-0.2, -0.15) is 0 Å². The van der Waals surface area contributed by atoms with E-state index in [1.807, 2.05) is 56.0 Å². The number of esters is 1. The van der Waals surface area contributed by atoms with Gasteiger partial charge in [-0.1, -0.05) is 19.1 Å². The molecule has 0 aliphatic heterocycles. The van der Waals surface area contributed by atoms with Crippen LogP contribution in [0.25, 0.3) is 0 Å². The van der Waals surface area contributed by atoms with Crippen molar-refractivity contribution >= 4 is 23.7 Å². The highest BCUT2D eigenvalue weighted by Gasteiger charge is 2.30. The second-order valence-corrected chi connectivity index (χ2v) is 8.87. The van der Waals surface area contributed by atoms with Crippen LogP contribution in [-0.2, 0) is 27.4 Å². The van der Waals surface area contributed by atoms with Crippen LogP contribution in [0.4, 0.5) is 0 Å². The second-order valence-electron chi connectivity index (χ2n) is 7.45. The monoisotopic (exact) mass is 419 g/mol. The predicted octanol–water partition coefficient (Wildman–Crippen LogP) is 4.58. The van der Waals surface area contributed by atoms with Gasteiger partial charge in [-0.25, -0.2) is 0 Å². The summed E-state index contributed by atoms with van der Waals surface area (Å²) in [7, 11) is 0. The number of aliphatic carboxylic acids is 1. The minimum Gasteiger partial charge on any atom is -0.480 e. The number of ether oxygens (including phenoxy) is 1. The number of nitrogens with zero attached hydrogens (tertiary/aromatic N) is 1. The first-order valence-corrected chi connectivity index (χ1v) is 10.5. The van der Waals surface area contributed by atoms with Crippen LogP contribution in [0.2, 0.25) is 0 Å². The largest absolute Gasteiger partial charge is 0.480 e. The molecule has 6 nitrogen and oxygen atoms in total. The Labute approximate surface area is 176 Å². The van der Waals surface area contributed by atoms with E-state index in [9.17, 15) is 14.7 Å². The lowest BCUT2D eigenvalue weighted by Crippen LogP contribution is -2.37. The Morgan fingerprint density at radius 2 is 1.90 bits per heavy atom. The normalized spacial score (nSPS) is 12.7. The van der Waals surface area contributed by atoms with Gasteiger partial charge in [0.15, 0.2) is 0 Å². The number of rotatable bonds is 11.